The number of ether oxygens (including phenoxy) is 1. The highest BCUT2D eigenvalue weighted by Crippen LogP contribution is 2.37. The summed E-state index contributed by atoms with van der Waals surface area (Å²) in [4.78, 5) is 14.3. The molecule has 1 N–H and O–H groups in total. The SMILES string of the molecule is O=C(NC(c1cccs1)C1CCCC1)c1ccc(S(=O)(=O)N2CCOCC2)cc1. The molecule has 1 unspecified atom stereocenters. The van der Waals surface area contributed by atoms with E-state index in [0.29, 0.717) is 37.8 Å². The summed E-state index contributed by atoms with van der Waals surface area (Å²) in [6.07, 6.45) is 4.66. The lowest BCUT2D eigenvalue weighted by Crippen LogP contribution is -2.40. The molecule has 6 nitrogen and oxygen atoms in total. The molecule has 1 saturated carbocycles. The first-order valence-corrected chi connectivity index (χ1v) is 12.4. The van der Waals surface area contributed by atoms with Crippen LogP contribution in [-0.4, -0.2) is 44.9 Å². The molecule has 8 heteroatoms. The summed E-state index contributed by atoms with van der Waals surface area (Å²) in [5.74, 6) is 0.296. The van der Waals surface area contributed by atoms with Crippen molar-refractivity contribution in [2.75, 3.05) is 26.3 Å². The molecule has 0 radical (unpaired) electrons. The number of carbonyl (C=O) groups excluding carboxylic acids is 1. The fraction of sp³-hybridized carbons (Fsp3) is 0.476. The van der Waals surface area contributed by atoms with Gasteiger partial charge in [-0.3, -0.25) is 4.79 Å². The second-order valence-electron chi connectivity index (χ2n) is 7.55. The smallest absolute Gasteiger partial charge is 0.251 e. The maximum atomic E-state index is 12.9. The molecular formula is C21H26N2O4S2. The molecule has 2 fully saturated rings. The Balaban J connectivity index is 1.48. The van der Waals surface area contributed by atoms with E-state index in [1.54, 1.807) is 23.5 Å². The average molecular weight is 435 g/mol. The maximum Gasteiger partial charge on any atom is 0.251 e. The number of rotatable bonds is 6. The summed E-state index contributed by atoms with van der Waals surface area (Å²) < 4.78 is 32.2. The molecule has 0 spiro atoms. The number of nitrogens with zero attached hydrogens (tertiary/aromatic N) is 1. The Morgan fingerprint density at radius 1 is 1.10 bits per heavy atom. The first-order chi connectivity index (χ1) is 14.1. The Labute approximate surface area is 175 Å². The van der Waals surface area contributed by atoms with Crippen LogP contribution in [0.25, 0.3) is 0 Å². The van der Waals surface area contributed by atoms with Crippen LogP contribution >= 0.6 is 11.3 Å². The van der Waals surface area contributed by atoms with Crippen molar-refractivity contribution in [2.45, 2.75) is 36.6 Å². The second-order valence-corrected chi connectivity index (χ2v) is 10.5. The Bertz CT molecular complexity index is 914. The van der Waals surface area contributed by atoms with Gasteiger partial charge in [0.1, 0.15) is 0 Å². The Morgan fingerprint density at radius 3 is 2.41 bits per heavy atom. The summed E-state index contributed by atoms with van der Waals surface area (Å²) in [5, 5.41) is 5.23. The first-order valence-electron chi connectivity index (χ1n) is 10.1. The van der Waals surface area contributed by atoms with Crippen molar-refractivity contribution in [3.63, 3.8) is 0 Å². The molecule has 1 aliphatic heterocycles. The van der Waals surface area contributed by atoms with Crippen LogP contribution in [0.2, 0.25) is 0 Å². The quantitative estimate of drug-likeness (QED) is 0.756. The van der Waals surface area contributed by atoms with E-state index in [9.17, 15) is 13.2 Å². The number of nitrogens with one attached hydrogen (secondary N) is 1. The molecular weight excluding hydrogens is 408 g/mol. The number of benzene rings is 1. The molecule has 4 rings (SSSR count). The van der Waals surface area contributed by atoms with Gasteiger partial charge in [0.2, 0.25) is 10.0 Å². The second kappa shape index (κ2) is 8.95. The van der Waals surface area contributed by atoms with Gasteiger partial charge in [0.25, 0.3) is 5.91 Å². The molecule has 1 aromatic carbocycles. The van der Waals surface area contributed by atoms with Gasteiger partial charge in [0, 0.05) is 23.5 Å². The normalized spacial score (nSPS) is 19.9. The van der Waals surface area contributed by atoms with E-state index >= 15 is 0 Å². The molecule has 1 aliphatic carbocycles. The van der Waals surface area contributed by atoms with Crippen LogP contribution < -0.4 is 5.32 Å². The standard InChI is InChI=1S/C21H26N2O4S2/c24-21(22-20(16-4-1-2-5-16)19-6-3-15-28-19)17-7-9-18(10-8-17)29(25,26)23-11-13-27-14-12-23/h3,6-10,15-16,20H,1-2,4-5,11-14H2,(H,22,24). The topological polar surface area (TPSA) is 75.7 Å². The third-order valence-corrected chi connectivity index (χ3v) is 8.60. The Hall–Kier alpha value is -1.74. The lowest BCUT2D eigenvalue weighted by atomic mass is 9.96. The van der Waals surface area contributed by atoms with Gasteiger partial charge in [-0.1, -0.05) is 18.9 Å². The van der Waals surface area contributed by atoms with E-state index in [0.717, 1.165) is 12.8 Å². The van der Waals surface area contributed by atoms with Crippen LogP contribution in [0.4, 0.5) is 0 Å². The largest absolute Gasteiger partial charge is 0.379 e. The highest BCUT2D eigenvalue weighted by molar-refractivity contribution is 7.89. The van der Waals surface area contributed by atoms with E-state index in [2.05, 4.69) is 11.4 Å². The summed E-state index contributed by atoms with van der Waals surface area (Å²) in [7, 11) is -3.55. The molecule has 1 atom stereocenters. The summed E-state index contributed by atoms with van der Waals surface area (Å²) in [6.45, 7) is 1.53. The molecule has 2 aliphatic rings. The van der Waals surface area contributed by atoms with Gasteiger partial charge in [-0.2, -0.15) is 4.31 Å². The number of hydrogen-bond acceptors (Lipinski definition) is 5. The highest BCUT2D eigenvalue weighted by Gasteiger charge is 2.29. The van der Waals surface area contributed by atoms with Gasteiger partial charge in [-0.15, -0.1) is 11.3 Å². The Morgan fingerprint density at radius 2 is 1.79 bits per heavy atom. The number of hydrogen-bond donors (Lipinski definition) is 1. The summed E-state index contributed by atoms with van der Waals surface area (Å²) in [6, 6.07) is 10.4. The van der Waals surface area contributed by atoms with Crippen LogP contribution in [0.15, 0.2) is 46.7 Å². The maximum absolute atomic E-state index is 12.9. The monoisotopic (exact) mass is 434 g/mol. The van der Waals surface area contributed by atoms with Crippen molar-refractivity contribution >= 4 is 27.3 Å². The lowest BCUT2D eigenvalue weighted by molar-refractivity contribution is 0.0730. The minimum absolute atomic E-state index is 0.0155. The highest BCUT2D eigenvalue weighted by atomic mass is 32.2. The van der Waals surface area contributed by atoms with Gasteiger partial charge in [0.15, 0.2) is 0 Å². The molecule has 29 heavy (non-hydrogen) atoms. The summed E-state index contributed by atoms with van der Waals surface area (Å²) in [5.41, 5.74) is 0.477. The van der Waals surface area contributed by atoms with E-state index in [1.165, 1.54) is 34.2 Å². The van der Waals surface area contributed by atoms with Gasteiger partial charge in [-0.25, -0.2) is 8.42 Å². The van der Waals surface area contributed by atoms with E-state index in [4.69, 9.17) is 4.74 Å². The van der Waals surface area contributed by atoms with Crippen LogP contribution in [0, 0.1) is 5.92 Å². The first kappa shape index (κ1) is 20.5. The van der Waals surface area contributed by atoms with Gasteiger partial charge in [-0.05, 0) is 54.5 Å². The average Bonchev–Trinajstić information content (AvgIpc) is 3.47. The fourth-order valence-electron chi connectivity index (χ4n) is 4.12. The number of amides is 1. The van der Waals surface area contributed by atoms with Crippen LogP contribution in [0.1, 0.15) is 47.0 Å². The van der Waals surface area contributed by atoms with Gasteiger partial charge >= 0.3 is 0 Å². The Kier molecular flexibility index (Phi) is 6.34. The number of sulfonamides is 1. The zero-order valence-electron chi connectivity index (χ0n) is 16.2. The van der Waals surface area contributed by atoms with Crippen molar-refractivity contribution in [1.82, 2.24) is 9.62 Å². The third-order valence-electron chi connectivity index (χ3n) is 5.73. The van der Waals surface area contributed by atoms with Crippen molar-refractivity contribution < 1.29 is 17.9 Å². The molecule has 0 bridgehead atoms. The minimum atomic E-state index is -3.55. The number of carbonyl (C=O) groups is 1. The number of thiophene rings is 1. The van der Waals surface area contributed by atoms with Crippen molar-refractivity contribution in [1.29, 1.82) is 0 Å². The number of morpholine rings is 1. The van der Waals surface area contributed by atoms with Crippen LogP contribution in [0.5, 0.6) is 0 Å². The van der Waals surface area contributed by atoms with Crippen molar-refractivity contribution in [3.05, 3.63) is 52.2 Å². The third kappa shape index (κ3) is 4.55. The minimum Gasteiger partial charge on any atom is -0.379 e. The van der Waals surface area contributed by atoms with E-state index in [1.807, 2.05) is 11.4 Å². The molecule has 1 saturated heterocycles. The van der Waals surface area contributed by atoms with Crippen molar-refractivity contribution in [3.8, 4) is 0 Å². The van der Waals surface area contributed by atoms with E-state index < -0.39 is 10.0 Å². The zero-order valence-corrected chi connectivity index (χ0v) is 17.9. The molecule has 2 aromatic rings. The van der Waals surface area contributed by atoms with Crippen molar-refractivity contribution in [2.24, 2.45) is 5.92 Å². The zero-order chi connectivity index (χ0) is 20.3. The van der Waals surface area contributed by atoms with Gasteiger partial charge in [0.05, 0.1) is 24.2 Å². The van der Waals surface area contributed by atoms with Gasteiger partial charge < -0.3 is 10.1 Å². The molecule has 1 aromatic heterocycles. The van der Waals surface area contributed by atoms with Crippen LogP contribution in [-0.2, 0) is 14.8 Å². The predicted octanol–water partition coefficient (Wildman–Crippen LogP) is 3.43. The van der Waals surface area contributed by atoms with E-state index in [-0.39, 0.29) is 16.8 Å². The van der Waals surface area contributed by atoms with Crippen LogP contribution in [0.3, 0.4) is 0 Å². The molecule has 1 amide bonds. The predicted molar refractivity (Wildman–Crippen MR) is 113 cm³/mol. The fourth-order valence-corrected chi connectivity index (χ4v) is 6.40. The molecule has 2 heterocycles. The summed E-state index contributed by atoms with van der Waals surface area (Å²) >= 11 is 1.67. The molecule has 156 valence electrons. The lowest BCUT2D eigenvalue weighted by Gasteiger charge is -2.26.